The predicted molar refractivity (Wildman–Crippen MR) is 72.6 cm³/mol. The third kappa shape index (κ3) is 3.56. The van der Waals surface area contributed by atoms with Gasteiger partial charge in [0.15, 0.2) is 0 Å². The van der Waals surface area contributed by atoms with Gasteiger partial charge in [0.1, 0.15) is 0 Å². The summed E-state index contributed by atoms with van der Waals surface area (Å²) in [6, 6.07) is 2.03. The van der Waals surface area contributed by atoms with Crippen molar-refractivity contribution in [3.8, 4) is 0 Å². The smallest absolute Gasteiger partial charge is 0.309 e. The summed E-state index contributed by atoms with van der Waals surface area (Å²) >= 11 is 0. The fraction of sp³-hybridized carbons (Fsp3) is 0.600. The zero-order valence-corrected chi connectivity index (χ0v) is 11.6. The molecule has 3 nitrogen and oxygen atoms in total. The third-order valence-electron chi connectivity index (χ3n) is 3.61. The topological polar surface area (TPSA) is 50.2 Å². The summed E-state index contributed by atoms with van der Waals surface area (Å²) in [5.74, 6) is -0.681. The molecule has 0 aliphatic carbocycles. The number of pyridine rings is 1. The number of carboxylic acids is 1. The molecule has 3 heteroatoms. The molecule has 0 saturated heterocycles. The molecule has 1 heterocycles. The molecule has 1 aromatic rings. The molecule has 1 atom stereocenters. The number of hydrogen-bond acceptors (Lipinski definition) is 2. The van der Waals surface area contributed by atoms with Crippen LogP contribution >= 0.6 is 0 Å². The van der Waals surface area contributed by atoms with Gasteiger partial charge >= 0.3 is 5.97 Å². The maximum atomic E-state index is 11.6. The summed E-state index contributed by atoms with van der Waals surface area (Å²) < 4.78 is 0. The minimum absolute atomic E-state index is 0.577. The summed E-state index contributed by atoms with van der Waals surface area (Å²) in [4.78, 5) is 15.8. The van der Waals surface area contributed by atoms with Gasteiger partial charge in [0.05, 0.1) is 5.41 Å². The molecular formula is C15H23NO2. The number of carboxylic acid groups (broad SMARTS) is 1. The second kappa shape index (κ2) is 6.53. The largest absolute Gasteiger partial charge is 0.481 e. The molecule has 0 fully saturated rings. The minimum atomic E-state index is -0.681. The second-order valence-corrected chi connectivity index (χ2v) is 5.09. The Morgan fingerprint density at radius 1 is 1.39 bits per heavy atom. The number of rotatable bonds is 7. The van der Waals surface area contributed by atoms with Crippen LogP contribution in [0.1, 0.15) is 50.7 Å². The first kappa shape index (κ1) is 14.7. The standard InChI is InChI=1S/C15H23NO2/c1-4-6-7-15(5-2,14(17)18)9-13-8-12(3)10-16-11-13/h8,10-11H,4-7,9H2,1-3H3,(H,17,18). The van der Waals surface area contributed by atoms with Gasteiger partial charge in [-0.15, -0.1) is 0 Å². The highest BCUT2D eigenvalue weighted by molar-refractivity contribution is 5.75. The van der Waals surface area contributed by atoms with Crippen LogP contribution in [0.4, 0.5) is 0 Å². The molecule has 0 spiro atoms. The fourth-order valence-electron chi connectivity index (χ4n) is 2.34. The lowest BCUT2D eigenvalue weighted by molar-refractivity contribution is -0.149. The highest BCUT2D eigenvalue weighted by Crippen LogP contribution is 2.33. The second-order valence-electron chi connectivity index (χ2n) is 5.09. The normalized spacial score (nSPS) is 14.2. The summed E-state index contributed by atoms with van der Waals surface area (Å²) in [6.07, 6.45) is 7.55. The Bertz CT molecular complexity index is 403. The molecule has 0 aliphatic heterocycles. The Morgan fingerprint density at radius 2 is 2.11 bits per heavy atom. The van der Waals surface area contributed by atoms with Crippen LogP contribution in [0.15, 0.2) is 18.5 Å². The van der Waals surface area contributed by atoms with Crippen LogP contribution < -0.4 is 0 Å². The quantitative estimate of drug-likeness (QED) is 0.803. The van der Waals surface area contributed by atoms with Crippen LogP contribution in [-0.4, -0.2) is 16.1 Å². The Balaban J connectivity index is 2.93. The molecule has 0 saturated carbocycles. The molecule has 1 aromatic heterocycles. The van der Waals surface area contributed by atoms with Crippen molar-refractivity contribution in [2.24, 2.45) is 5.41 Å². The van der Waals surface area contributed by atoms with Crippen molar-refractivity contribution in [2.75, 3.05) is 0 Å². The fourth-order valence-corrected chi connectivity index (χ4v) is 2.34. The molecule has 1 unspecified atom stereocenters. The average molecular weight is 249 g/mol. The molecule has 0 radical (unpaired) electrons. The van der Waals surface area contributed by atoms with E-state index in [1.54, 1.807) is 12.4 Å². The first-order valence-corrected chi connectivity index (χ1v) is 6.68. The van der Waals surface area contributed by atoms with Crippen LogP contribution in [0, 0.1) is 12.3 Å². The monoisotopic (exact) mass is 249 g/mol. The van der Waals surface area contributed by atoms with E-state index in [4.69, 9.17) is 0 Å². The zero-order chi connectivity index (χ0) is 13.6. The highest BCUT2D eigenvalue weighted by Gasteiger charge is 2.36. The summed E-state index contributed by atoms with van der Waals surface area (Å²) in [5, 5.41) is 9.56. The molecule has 0 aromatic carbocycles. The lowest BCUT2D eigenvalue weighted by atomic mass is 9.75. The van der Waals surface area contributed by atoms with Crippen molar-refractivity contribution < 1.29 is 9.90 Å². The lowest BCUT2D eigenvalue weighted by Crippen LogP contribution is -2.33. The summed E-state index contributed by atoms with van der Waals surface area (Å²) in [7, 11) is 0. The molecule has 0 bridgehead atoms. The zero-order valence-electron chi connectivity index (χ0n) is 11.6. The third-order valence-corrected chi connectivity index (χ3v) is 3.61. The average Bonchev–Trinajstić information content (AvgIpc) is 2.34. The van der Waals surface area contributed by atoms with Crippen molar-refractivity contribution in [1.82, 2.24) is 4.98 Å². The van der Waals surface area contributed by atoms with Gasteiger partial charge in [0, 0.05) is 12.4 Å². The number of hydrogen-bond donors (Lipinski definition) is 1. The van der Waals surface area contributed by atoms with Crippen molar-refractivity contribution in [1.29, 1.82) is 0 Å². The van der Waals surface area contributed by atoms with Crippen LogP contribution in [0.2, 0.25) is 0 Å². The van der Waals surface area contributed by atoms with Gasteiger partial charge in [-0.1, -0.05) is 32.8 Å². The van der Waals surface area contributed by atoms with Crippen molar-refractivity contribution in [3.63, 3.8) is 0 Å². The maximum Gasteiger partial charge on any atom is 0.309 e. The van der Waals surface area contributed by atoms with Gasteiger partial charge in [0.25, 0.3) is 0 Å². The van der Waals surface area contributed by atoms with Gasteiger partial charge in [0.2, 0.25) is 0 Å². The number of aromatic nitrogens is 1. The van der Waals surface area contributed by atoms with E-state index >= 15 is 0 Å². The highest BCUT2D eigenvalue weighted by atomic mass is 16.4. The number of nitrogens with zero attached hydrogens (tertiary/aromatic N) is 1. The molecule has 100 valence electrons. The lowest BCUT2D eigenvalue weighted by Gasteiger charge is -2.28. The Morgan fingerprint density at radius 3 is 2.61 bits per heavy atom. The summed E-state index contributed by atoms with van der Waals surface area (Å²) in [6.45, 7) is 6.04. The van der Waals surface area contributed by atoms with E-state index in [1.165, 1.54) is 0 Å². The molecular weight excluding hydrogens is 226 g/mol. The number of aryl methyl sites for hydroxylation is 1. The van der Waals surface area contributed by atoms with E-state index in [-0.39, 0.29) is 0 Å². The van der Waals surface area contributed by atoms with Crippen LogP contribution in [-0.2, 0) is 11.2 Å². The van der Waals surface area contributed by atoms with E-state index in [0.29, 0.717) is 12.8 Å². The number of unbranched alkanes of at least 4 members (excludes halogenated alkanes) is 1. The molecule has 0 amide bonds. The summed E-state index contributed by atoms with van der Waals surface area (Å²) in [5.41, 5.74) is 1.47. The van der Waals surface area contributed by atoms with Crippen molar-refractivity contribution in [2.45, 2.75) is 52.9 Å². The van der Waals surface area contributed by atoms with Gasteiger partial charge in [-0.3, -0.25) is 9.78 Å². The number of carbonyl (C=O) groups is 1. The SMILES string of the molecule is CCCCC(CC)(Cc1cncc(C)c1)C(=O)O. The first-order valence-electron chi connectivity index (χ1n) is 6.68. The maximum absolute atomic E-state index is 11.6. The minimum Gasteiger partial charge on any atom is -0.481 e. The van der Waals surface area contributed by atoms with Gasteiger partial charge < -0.3 is 5.11 Å². The van der Waals surface area contributed by atoms with E-state index in [0.717, 1.165) is 30.4 Å². The van der Waals surface area contributed by atoms with Gasteiger partial charge in [-0.05, 0) is 37.3 Å². The van der Waals surface area contributed by atoms with Crippen LogP contribution in [0.3, 0.4) is 0 Å². The Labute approximate surface area is 109 Å². The molecule has 0 aliphatic rings. The molecule has 1 rings (SSSR count). The van der Waals surface area contributed by atoms with Gasteiger partial charge in [-0.25, -0.2) is 0 Å². The van der Waals surface area contributed by atoms with Crippen molar-refractivity contribution in [3.05, 3.63) is 29.6 Å². The predicted octanol–water partition coefficient (Wildman–Crippen LogP) is 3.60. The molecule has 1 N–H and O–H groups in total. The van der Waals surface area contributed by atoms with E-state index < -0.39 is 11.4 Å². The Kier molecular flexibility index (Phi) is 5.32. The first-order chi connectivity index (χ1) is 8.54. The number of aliphatic carboxylic acids is 1. The van der Waals surface area contributed by atoms with E-state index in [2.05, 4.69) is 11.9 Å². The van der Waals surface area contributed by atoms with Crippen LogP contribution in [0.5, 0.6) is 0 Å². The molecule has 18 heavy (non-hydrogen) atoms. The van der Waals surface area contributed by atoms with E-state index in [1.807, 2.05) is 19.9 Å². The van der Waals surface area contributed by atoms with Crippen LogP contribution in [0.25, 0.3) is 0 Å². The van der Waals surface area contributed by atoms with Gasteiger partial charge in [-0.2, -0.15) is 0 Å². The Hall–Kier alpha value is -1.38. The van der Waals surface area contributed by atoms with E-state index in [9.17, 15) is 9.90 Å². The van der Waals surface area contributed by atoms with Crippen molar-refractivity contribution >= 4 is 5.97 Å².